The van der Waals surface area contributed by atoms with E-state index < -0.39 is 0 Å². The first-order chi connectivity index (χ1) is 6.26. The summed E-state index contributed by atoms with van der Waals surface area (Å²) in [5.74, 6) is 0. The van der Waals surface area contributed by atoms with Crippen LogP contribution in [0.15, 0.2) is 0 Å². The first-order valence-corrected chi connectivity index (χ1v) is 5.04. The number of ether oxygens (including phenoxy) is 1. The van der Waals surface area contributed by atoms with Crippen LogP contribution in [0.3, 0.4) is 0 Å². The fourth-order valence-corrected chi connectivity index (χ4v) is 1.85. The summed E-state index contributed by atoms with van der Waals surface area (Å²) in [6.45, 7) is 5.70. The van der Waals surface area contributed by atoms with Crippen LogP contribution in [-0.2, 0) is 4.74 Å². The Hall–Kier alpha value is -0.590. The second kappa shape index (κ2) is 4.59. The van der Waals surface area contributed by atoms with Crippen LogP contribution in [0, 0.1) is 11.3 Å². The van der Waals surface area contributed by atoms with Gasteiger partial charge in [-0.2, -0.15) is 5.26 Å². The average Bonchev–Trinajstić information content (AvgIpc) is 2.19. The Morgan fingerprint density at radius 1 is 1.62 bits per heavy atom. The molecule has 0 spiro atoms. The Kier molecular flexibility index (Phi) is 3.71. The molecule has 1 fully saturated rings. The van der Waals surface area contributed by atoms with Crippen LogP contribution in [0.25, 0.3) is 0 Å². The molecule has 13 heavy (non-hydrogen) atoms. The molecule has 2 atom stereocenters. The van der Waals surface area contributed by atoms with Gasteiger partial charge in [-0.25, -0.2) is 0 Å². The van der Waals surface area contributed by atoms with Crippen LogP contribution in [0.5, 0.6) is 0 Å². The number of nitriles is 1. The summed E-state index contributed by atoms with van der Waals surface area (Å²) in [4.78, 5) is 0. The van der Waals surface area contributed by atoms with Crippen LogP contribution in [0.4, 0.5) is 0 Å². The quantitative estimate of drug-likeness (QED) is 0.718. The van der Waals surface area contributed by atoms with Crippen molar-refractivity contribution in [3.05, 3.63) is 0 Å². The summed E-state index contributed by atoms with van der Waals surface area (Å²) in [5, 5.41) is 12.4. The monoisotopic (exact) mass is 182 g/mol. The van der Waals surface area contributed by atoms with E-state index in [-0.39, 0.29) is 11.6 Å². The van der Waals surface area contributed by atoms with Gasteiger partial charge < -0.3 is 4.74 Å². The maximum absolute atomic E-state index is 9.12. The standard InChI is InChI=1S/C10H18N2O/c1-3-9-7-10(8-11,12-4-2)5-6-13-9/h9,12H,3-7H2,1-2H3. The zero-order valence-corrected chi connectivity index (χ0v) is 8.47. The minimum atomic E-state index is -0.326. The summed E-state index contributed by atoms with van der Waals surface area (Å²) >= 11 is 0. The molecule has 0 saturated carbocycles. The van der Waals surface area contributed by atoms with E-state index in [1.807, 2.05) is 6.92 Å². The van der Waals surface area contributed by atoms with Gasteiger partial charge in [0.25, 0.3) is 0 Å². The highest BCUT2D eigenvalue weighted by molar-refractivity contribution is 5.09. The molecule has 0 amide bonds. The van der Waals surface area contributed by atoms with Gasteiger partial charge in [-0.3, -0.25) is 5.32 Å². The van der Waals surface area contributed by atoms with Crippen LogP contribution in [-0.4, -0.2) is 24.8 Å². The average molecular weight is 182 g/mol. The zero-order valence-electron chi connectivity index (χ0n) is 8.47. The predicted octanol–water partition coefficient (Wildman–Crippen LogP) is 1.45. The molecule has 0 aliphatic carbocycles. The largest absolute Gasteiger partial charge is 0.378 e. The molecule has 1 heterocycles. The Bertz CT molecular complexity index is 196. The molecule has 1 saturated heterocycles. The maximum Gasteiger partial charge on any atom is 0.111 e. The molecule has 3 heteroatoms. The van der Waals surface area contributed by atoms with Crippen molar-refractivity contribution in [1.29, 1.82) is 5.26 Å². The third-order valence-electron chi connectivity index (χ3n) is 2.64. The van der Waals surface area contributed by atoms with E-state index in [0.717, 1.165) is 25.8 Å². The Balaban J connectivity index is 2.59. The fraction of sp³-hybridized carbons (Fsp3) is 0.900. The molecule has 0 bridgehead atoms. The number of nitrogens with one attached hydrogen (secondary N) is 1. The summed E-state index contributed by atoms with van der Waals surface area (Å²) in [6, 6.07) is 2.39. The van der Waals surface area contributed by atoms with Crippen molar-refractivity contribution in [1.82, 2.24) is 5.32 Å². The van der Waals surface area contributed by atoms with E-state index in [2.05, 4.69) is 18.3 Å². The van der Waals surface area contributed by atoms with Crippen molar-refractivity contribution in [3.8, 4) is 6.07 Å². The molecule has 74 valence electrons. The topological polar surface area (TPSA) is 45.0 Å². The Labute approximate surface area is 80.1 Å². The molecule has 0 radical (unpaired) electrons. The summed E-state index contributed by atoms with van der Waals surface area (Å²) < 4.78 is 5.54. The van der Waals surface area contributed by atoms with Gasteiger partial charge in [0, 0.05) is 19.4 Å². The van der Waals surface area contributed by atoms with Crippen molar-refractivity contribution in [2.45, 2.75) is 44.8 Å². The lowest BCUT2D eigenvalue weighted by Crippen LogP contribution is -2.50. The van der Waals surface area contributed by atoms with Crippen LogP contribution in [0.1, 0.15) is 33.1 Å². The van der Waals surface area contributed by atoms with E-state index in [4.69, 9.17) is 10.00 Å². The Morgan fingerprint density at radius 3 is 2.92 bits per heavy atom. The van der Waals surface area contributed by atoms with E-state index in [1.165, 1.54) is 0 Å². The van der Waals surface area contributed by atoms with E-state index >= 15 is 0 Å². The fourth-order valence-electron chi connectivity index (χ4n) is 1.85. The van der Waals surface area contributed by atoms with Crippen molar-refractivity contribution >= 4 is 0 Å². The minimum absolute atomic E-state index is 0.257. The highest BCUT2D eigenvalue weighted by Crippen LogP contribution is 2.25. The molecule has 1 rings (SSSR count). The lowest BCUT2D eigenvalue weighted by Gasteiger charge is -2.36. The summed E-state index contributed by atoms with van der Waals surface area (Å²) in [5.41, 5.74) is -0.326. The van der Waals surface area contributed by atoms with Crippen LogP contribution in [0.2, 0.25) is 0 Å². The SMILES string of the molecule is CCNC1(C#N)CCOC(CC)C1. The van der Waals surface area contributed by atoms with Gasteiger partial charge in [0.2, 0.25) is 0 Å². The second-order valence-electron chi connectivity index (χ2n) is 3.58. The van der Waals surface area contributed by atoms with Crippen molar-refractivity contribution in [2.24, 2.45) is 0 Å². The van der Waals surface area contributed by atoms with Crippen molar-refractivity contribution in [2.75, 3.05) is 13.2 Å². The highest BCUT2D eigenvalue weighted by Gasteiger charge is 2.35. The van der Waals surface area contributed by atoms with E-state index in [9.17, 15) is 0 Å². The summed E-state index contributed by atoms with van der Waals surface area (Å²) in [6.07, 6.45) is 2.89. The van der Waals surface area contributed by atoms with Gasteiger partial charge >= 0.3 is 0 Å². The van der Waals surface area contributed by atoms with E-state index in [1.54, 1.807) is 0 Å². The maximum atomic E-state index is 9.12. The van der Waals surface area contributed by atoms with Gasteiger partial charge in [-0.15, -0.1) is 0 Å². The lowest BCUT2D eigenvalue weighted by molar-refractivity contribution is -0.0153. The van der Waals surface area contributed by atoms with Crippen molar-refractivity contribution < 1.29 is 4.74 Å². The number of hydrogen-bond donors (Lipinski definition) is 1. The van der Waals surface area contributed by atoms with Gasteiger partial charge in [0.05, 0.1) is 12.2 Å². The lowest BCUT2D eigenvalue weighted by atomic mass is 9.87. The van der Waals surface area contributed by atoms with Gasteiger partial charge in [-0.05, 0) is 13.0 Å². The first kappa shape index (κ1) is 10.5. The predicted molar refractivity (Wildman–Crippen MR) is 51.3 cm³/mol. The molecular formula is C10H18N2O. The molecular weight excluding hydrogens is 164 g/mol. The molecule has 1 aliphatic rings. The molecule has 0 aromatic rings. The molecule has 2 unspecified atom stereocenters. The van der Waals surface area contributed by atoms with Gasteiger partial charge in [-0.1, -0.05) is 13.8 Å². The highest BCUT2D eigenvalue weighted by atomic mass is 16.5. The number of nitrogens with zero attached hydrogens (tertiary/aromatic N) is 1. The Morgan fingerprint density at radius 2 is 2.38 bits per heavy atom. The zero-order chi connectivity index (χ0) is 9.73. The van der Waals surface area contributed by atoms with Crippen LogP contribution < -0.4 is 5.32 Å². The molecule has 1 aliphatic heterocycles. The minimum Gasteiger partial charge on any atom is -0.378 e. The van der Waals surface area contributed by atoms with Gasteiger partial charge in [0.1, 0.15) is 5.54 Å². The van der Waals surface area contributed by atoms with Crippen molar-refractivity contribution in [3.63, 3.8) is 0 Å². The van der Waals surface area contributed by atoms with Crippen LogP contribution >= 0.6 is 0 Å². The molecule has 1 N–H and O–H groups in total. The molecule has 3 nitrogen and oxygen atoms in total. The number of hydrogen-bond acceptors (Lipinski definition) is 3. The first-order valence-electron chi connectivity index (χ1n) is 5.04. The number of rotatable bonds is 3. The normalized spacial score (nSPS) is 34.1. The smallest absolute Gasteiger partial charge is 0.111 e. The second-order valence-corrected chi connectivity index (χ2v) is 3.58. The van der Waals surface area contributed by atoms with Gasteiger partial charge in [0.15, 0.2) is 0 Å². The third-order valence-corrected chi connectivity index (χ3v) is 2.64. The van der Waals surface area contributed by atoms with E-state index in [0.29, 0.717) is 6.61 Å². The molecule has 0 aromatic heterocycles. The molecule has 0 aromatic carbocycles. The summed E-state index contributed by atoms with van der Waals surface area (Å²) in [7, 11) is 0. The third kappa shape index (κ3) is 2.43.